The Morgan fingerprint density at radius 1 is 1.08 bits per heavy atom. The lowest BCUT2D eigenvalue weighted by molar-refractivity contribution is 0.0303. The Hall–Kier alpha value is -2.63. The van der Waals surface area contributed by atoms with Crippen LogP contribution in [0.1, 0.15) is 31.2 Å². The summed E-state index contributed by atoms with van der Waals surface area (Å²) in [5.74, 6) is 0.791. The number of rotatable bonds is 4. The van der Waals surface area contributed by atoms with Crippen molar-refractivity contribution < 1.29 is 14.3 Å². The fourth-order valence-electron chi connectivity index (χ4n) is 3.83. The third-order valence-corrected chi connectivity index (χ3v) is 4.92. The molecule has 4 rings (SSSR count). The molecule has 2 aliphatic heterocycles. The van der Waals surface area contributed by atoms with E-state index in [4.69, 9.17) is 9.47 Å². The van der Waals surface area contributed by atoms with Crippen molar-refractivity contribution in [2.75, 3.05) is 0 Å². The third kappa shape index (κ3) is 3.57. The smallest absolute Gasteiger partial charge is 0.410 e. The summed E-state index contributed by atoms with van der Waals surface area (Å²) in [6.07, 6.45) is 10.5. The Morgan fingerprint density at radius 2 is 1.80 bits per heavy atom. The Kier molecular flexibility index (Phi) is 4.50. The highest BCUT2D eigenvalue weighted by molar-refractivity contribution is 5.69. The number of amides is 1. The van der Waals surface area contributed by atoms with Crippen molar-refractivity contribution >= 4 is 6.09 Å². The lowest BCUT2D eigenvalue weighted by Crippen LogP contribution is -2.49. The van der Waals surface area contributed by atoms with Crippen molar-refractivity contribution in [3.8, 4) is 5.75 Å². The molecule has 1 amide bonds. The number of carbonyl (C=O) groups excluding carboxylic acids is 1. The van der Waals surface area contributed by atoms with Crippen LogP contribution in [0.15, 0.2) is 49.1 Å². The minimum absolute atomic E-state index is 0.129. The number of carbonyl (C=O) groups is 1. The van der Waals surface area contributed by atoms with E-state index in [9.17, 15) is 4.79 Å². The lowest BCUT2D eigenvalue weighted by Gasteiger charge is -2.38. The highest BCUT2D eigenvalue weighted by Crippen LogP contribution is 2.37. The first-order chi connectivity index (χ1) is 12.3. The predicted molar refractivity (Wildman–Crippen MR) is 91.0 cm³/mol. The van der Waals surface area contributed by atoms with Gasteiger partial charge in [0.05, 0.1) is 6.20 Å². The van der Waals surface area contributed by atoms with Crippen LogP contribution in [-0.4, -0.2) is 39.1 Å². The summed E-state index contributed by atoms with van der Waals surface area (Å²) in [5.41, 5.74) is 0.901. The molecule has 2 aromatic rings. The van der Waals surface area contributed by atoms with E-state index in [1.54, 1.807) is 24.8 Å². The van der Waals surface area contributed by atoms with Crippen molar-refractivity contribution in [1.82, 2.24) is 14.9 Å². The SMILES string of the molecule is O=C(OCc1cccnc1)N1C2CCC1CC(Oc1cccnc1)C2. The molecule has 2 atom stereocenters. The minimum atomic E-state index is -0.226. The van der Waals surface area contributed by atoms with Gasteiger partial charge in [-0.05, 0) is 31.0 Å². The number of piperidine rings is 1. The highest BCUT2D eigenvalue weighted by Gasteiger charge is 2.44. The Bertz CT molecular complexity index is 696. The van der Waals surface area contributed by atoms with Crippen LogP contribution in [0.5, 0.6) is 5.75 Å². The first kappa shape index (κ1) is 15.9. The monoisotopic (exact) mass is 339 g/mol. The topological polar surface area (TPSA) is 64.5 Å². The maximum Gasteiger partial charge on any atom is 0.410 e. The van der Waals surface area contributed by atoms with E-state index in [2.05, 4.69) is 9.97 Å². The molecule has 4 heterocycles. The Labute approximate surface area is 146 Å². The third-order valence-electron chi connectivity index (χ3n) is 4.92. The molecule has 2 aliphatic rings. The Morgan fingerprint density at radius 3 is 2.44 bits per heavy atom. The second-order valence-corrected chi connectivity index (χ2v) is 6.61. The largest absolute Gasteiger partial charge is 0.489 e. The maximum absolute atomic E-state index is 12.5. The van der Waals surface area contributed by atoms with Crippen LogP contribution in [0.25, 0.3) is 0 Å². The quantitative estimate of drug-likeness (QED) is 0.856. The molecule has 2 aromatic heterocycles. The van der Waals surface area contributed by atoms with Crippen LogP contribution >= 0.6 is 0 Å². The number of nitrogens with zero attached hydrogens (tertiary/aromatic N) is 3. The summed E-state index contributed by atoms with van der Waals surface area (Å²) in [6, 6.07) is 7.93. The number of fused-ring (bicyclic) bond motifs is 2. The van der Waals surface area contributed by atoms with E-state index in [0.29, 0.717) is 0 Å². The fourth-order valence-corrected chi connectivity index (χ4v) is 3.83. The number of aromatic nitrogens is 2. The highest BCUT2D eigenvalue weighted by atomic mass is 16.6. The van der Waals surface area contributed by atoms with Gasteiger partial charge < -0.3 is 14.4 Å². The zero-order valence-corrected chi connectivity index (χ0v) is 14.0. The molecule has 0 saturated carbocycles. The molecule has 0 aliphatic carbocycles. The standard InChI is InChI=1S/C19H21N3O3/c23-19(24-13-14-3-1-7-20-11-14)22-15-5-6-16(22)10-18(9-15)25-17-4-2-8-21-12-17/h1-4,7-8,11-12,15-16,18H,5-6,9-10,13H2. The van der Waals surface area contributed by atoms with Crippen LogP contribution < -0.4 is 4.74 Å². The van der Waals surface area contributed by atoms with Crippen molar-refractivity contribution in [1.29, 1.82) is 0 Å². The summed E-state index contributed by atoms with van der Waals surface area (Å²) in [4.78, 5) is 22.6. The van der Waals surface area contributed by atoms with Gasteiger partial charge in [-0.15, -0.1) is 0 Å². The van der Waals surface area contributed by atoms with Crippen molar-refractivity contribution in [3.63, 3.8) is 0 Å². The van der Waals surface area contributed by atoms with Gasteiger partial charge in [0.15, 0.2) is 0 Å². The number of pyridine rings is 2. The lowest BCUT2D eigenvalue weighted by atomic mass is 10.0. The fraction of sp³-hybridized carbons (Fsp3) is 0.421. The summed E-state index contributed by atoms with van der Waals surface area (Å²) in [5, 5.41) is 0. The van der Waals surface area contributed by atoms with Gasteiger partial charge in [0.25, 0.3) is 0 Å². The Balaban J connectivity index is 1.34. The molecular weight excluding hydrogens is 318 g/mol. The van der Waals surface area contributed by atoms with Gasteiger partial charge >= 0.3 is 6.09 Å². The predicted octanol–water partition coefficient (Wildman–Crippen LogP) is 3.19. The van der Waals surface area contributed by atoms with Crippen LogP contribution in [0.4, 0.5) is 4.79 Å². The molecule has 0 N–H and O–H groups in total. The molecule has 2 fully saturated rings. The zero-order valence-electron chi connectivity index (χ0n) is 14.0. The van der Waals surface area contributed by atoms with Crippen molar-refractivity contribution in [2.24, 2.45) is 0 Å². The van der Waals surface area contributed by atoms with E-state index in [1.807, 2.05) is 29.2 Å². The summed E-state index contributed by atoms with van der Waals surface area (Å²) in [7, 11) is 0. The first-order valence-corrected chi connectivity index (χ1v) is 8.70. The average Bonchev–Trinajstić information content (AvgIpc) is 2.92. The van der Waals surface area contributed by atoms with Gasteiger partial charge in [0.2, 0.25) is 0 Å². The molecule has 2 saturated heterocycles. The van der Waals surface area contributed by atoms with Crippen LogP contribution in [0.3, 0.4) is 0 Å². The van der Waals surface area contributed by atoms with Gasteiger partial charge in [-0.1, -0.05) is 6.07 Å². The maximum atomic E-state index is 12.5. The molecule has 0 spiro atoms. The molecular formula is C19H21N3O3. The number of hydrogen-bond donors (Lipinski definition) is 0. The van der Waals surface area contributed by atoms with E-state index >= 15 is 0 Å². The van der Waals surface area contributed by atoms with E-state index in [-0.39, 0.29) is 30.9 Å². The molecule has 2 unspecified atom stereocenters. The first-order valence-electron chi connectivity index (χ1n) is 8.70. The van der Waals surface area contributed by atoms with E-state index < -0.39 is 0 Å². The number of ether oxygens (including phenoxy) is 2. The van der Waals surface area contributed by atoms with Crippen molar-refractivity contribution in [3.05, 3.63) is 54.6 Å². The normalized spacial score (nSPS) is 24.8. The number of hydrogen-bond acceptors (Lipinski definition) is 5. The average molecular weight is 339 g/mol. The van der Waals surface area contributed by atoms with Crippen LogP contribution in [0, 0.1) is 0 Å². The van der Waals surface area contributed by atoms with Gasteiger partial charge in [-0.2, -0.15) is 0 Å². The molecule has 6 heteroatoms. The molecule has 25 heavy (non-hydrogen) atoms. The van der Waals surface area contributed by atoms with Gasteiger partial charge in [0, 0.05) is 49.1 Å². The van der Waals surface area contributed by atoms with Crippen molar-refractivity contribution in [2.45, 2.75) is 50.5 Å². The van der Waals surface area contributed by atoms with Gasteiger partial charge in [-0.25, -0.2) is 4.79 Å². The summed E-state index contributed by atoms with van der Waals surface area (Å²) >= 11 is 0. The summed E-state index contributed by atoms with van der Waals surface area (Å²) < 4.78 is 11.5. The van der Waals surface area contributed by atoms with E-state index in [1.165, 1.54) is 0 Å². The molecule has 2 bridgehead atoms. The van der Waals surface area contributed by atoms with Gasteiger partial charge in [0.1, 0.15) is 18.5 Å². The summed E-state index contributed by atoms with van der Waals surface area (Å²) in [6.45, 7) is 0.262. The molecule has 0 radical (unpaired) electrons. The molecule has 0 aromatic carbocycles. The second kappa shape index (κ2) is 7.09. The molecule has 6 nitrogen and oxygen atoms in total. The van der Waals surface area contributed by atoms with Gasteiger partial charge in [-0.3, -0.25) is 9.97 Å². The van der Waals surface area contributed by atoms with Crippen LogP contribution in [0.2, 0.25) is 0 Å². The van der Waals surface area contributed by atoms with Crippen LogP contribution in [-0.2, 0) is 11.3 Å². The minimum Gasteiger partial charge on any atom is -0.489 e. The second-order valence-electron chi connectivity index (χ2n) is 6.61. The van der Waals surface area contributed by atoms with E-state index in [0.717, 1.165) is 37.0 Å². The molecule has 130 valence electrons. The zero-order chi connectivity index (χ0) is 17.1.